The predicted molar refractivity (Wildman–Crippen MR) is 61.3 cm³/mol. The number of hydrogen-bond acceptors (Lipinski definition) is 5. The van der Waals surface area contributed by atoms with Crippen molar-refractivity contribution in [3.63, 3.8) is 0 Å². The zero-order valence-electron chi connectivity index (χ0n) is 10.7. The molecule has 0 radical (unpaired) electrons. The Bertz CT molecular complexity index is 295. The van der Waals surface area contributed by atoms with E-state index in [2.05, 4.69) is 0 Å². The summed E-state index contributed by atoms with van der Waals surface area (Å²) in [5.74, 6) is -1.18. The molecule has 0 aromatic carbocycles. The van der Waals surface area contributed by atoms with E-state index in [1.165, 1.54) is 6.08 Å². The fourth-order valence-electron chi connectivity index (χ4n) is 1.70. The number of ether oxygens (including phenoxy) is 3. The molecule has 5 heteroatoms. The largest absolute Gasteiger partial charge is 0.463 e. The maximum Gasteiger partial charge on any atom is 0.330 e. The highest BCUT2D eigenvalue weighted by Gasteiger charge is 2.42. The Balaban J connectivity index is 2.65. The molecule has 1 fully saturated rings. The SMILES string of the molecule is CCOC(=O)/C=C\[C@@H]1OC(C)(C)O[C@@H]1[C@@H](C)O. The summed E-state index contributed by atoms with van der Waals surface area (Å²) in [6.45, 7) is 7.22. The fourth-order valence-corrected chi connectivity index (χ4v) is 1.70. The predicted octanol–water partition coefficient (Wildman–Crippen LogP) is 1.01. The highest BCUT2D eigenvalue weighted by atomic mass is 16.8. The standard InChI is InChI=1S/C12H20O5/c1-5-15-10(14)7-6-9-11(8(2)13)17-12(3,4)16-9/h6-9,11,13H,5H2,1-4H3/b7-6-/t8-,9+,11-/m1/s1. The molecule has 0 saturated carbocycles. The summed E-state index contributed by atoms with van der Waals surface area (Å²) in [6.07, 6.45) is 1.26. The van der Waals surface area contributed by atoms with Crippen LogP contribution in [0.15, 0.2) is 12.2 Å². The van der Waals surface area contributed by atoms with Gasteiger partial charge in [0.1, 0.15) is 12.2 Å². The summed E-state index contributed by atoms with van der Waals surface area (Å²) in [5, 5.41) is 9.57. The van der Waals surface area contributed by atoms with E-state index >= 15 is 0 Å². The van der Waals surface area contributed by atoms with Crippen LogP contribution in [0.2, 0.25) is 0 Å². The second-order valence-electron chi connectivity index (χ2n) is 4.42. The van der Waals surface area contributed by atoms with Gasteiger partial charge < -0.3 is 19.3 Å². The van der Waals surface area contributed by atoms with Crippen LogP contribution in [0.3, 0.4) is 0 Å². The first-order valence-electron chi connectivity index (χ1n) is 5.74. The smallest absolute Gasteiger partial charge is 0.330 e. The zero-order chi connectivity index (χ0) is 13.1. The van der Waals surface area contributed by atoms with Gasteiger partial charge in [0, 0.05) is 6.08 Å². The lowest BCUT2D eigenvalue weighted by atomic mass is 10.1. The van der Waals surface area contributed by atoms with Crippen LogP contribution in [0.5, 0.6) is 0 Å². The molecule has 0 aliphatic carbocycles. The Hall–Kier alpha value is -0.910. The Morgan fingerprint density at radius 3 is 2.71 bits per heavy atom. The van der Waals surface area contributed by atoms with Crippen molar-refractivity contribution in [3.8, 4) is 0 Å². The lowest BCUT2D eigenvalue weighted by molar-refractivity contribution is -0.152. The molecule has 1 aliphatic heterocycles. The Kier molecular flexibility index (Phi) is 4.68. The van der Waals surface area contributed by atoms with Gasteiger partial charge in [-0.1, -0.05) is 0 Å². The number of rotatable bonds is 4. The maximum atomic E-state index is 11.2. The number of aliphatic hydroxyl groups is 1. The van der Waals surface area contributed by atoms with Crippen LogP contribution < -0.4 is 0 Å². The first kappa shape index (κ1) is 14.2. The van der Waals surface area contributed by atoms with Crippen molar-refractivity contribution >= 4 is 5.97 Å². The molecular formula is C12H20O5. The van der Waals surface area contributed by atoms with Gasteiger partial charge in [0.15, 0.2) is 5.79 Å². The van der Waals surface area contributed by atoms with E-state index in [1.807, 2.05) is 0 Å². The number of esters is 1. The van der Waals surface area contributed by atoms with Crippen molar-refractivity contribution in [2.75, 3.05) is 6.61 Å². The summed E-state index contributed by atoms with van der Waals surface area (Å²) in [6, 6.07) is 0. The minimum Gasteiger partial charge on any atom is -0.463 e. The number of hydrogen-bond donors (Lipinski definition) is 1. The van der Waals surface area contributed by atoms with E-state index in [0.717, 1.165) is 0 Å². The minimum absolute atomic E-state index is 0.330. The van der Waals surface area contributed by atoms with Gasteiger partial charge in [0.2, 0.25) is 0 Å². The van der Waals surface area contributed by atoms with Crippen molar-refractivity contribution in [1.29, 1.82) is 0 Å². The topological polar surface area (TPSA) is 65.0 Å². The molecule has 0 unspecified atom stereocenters. The third kappa shape index (κ3) is 4.11. The van der Waals surface area contributed by atoms with Gasteiger partial charge in [0.25, 0.3) is 0 Å². The maximum absolute atomic E-state index is 11.2. The van der Waals surface area contributed by atoms with Crippen LogP contribution in [0.1, 0.15) is 27.7 Å². The normalized spacial score (nSPS) is 29.5. The third-order valence-electron chi connectivity index (χ3n) is 2.35. The van der Waals surface area contributed by atoms with Gasteiger partial charge in [-0.15, -0.1) is 0 Å². The van der Waals surface area contributed by atoms with Crippen molar-refractivity contribution in [2.45, 2.75) is 51.8 Å². The van der Waals surface area contributed by atoms with E-state index < -0.39 is 30.1 Å². The van der Waals surface area contributed by atoms with E-state index in [0.29, 0.717) is 6.61 Å². The number of carbonyl (C=O) groups is 1. The molecule has 0 aromatic rings. The van der Waals surface area contributed by atoms with Gasteiger partial charge in [-0.2, -0.15) is 0 Å². The molecule has 17 heavy (non-hydrogen) atoms. The van der Waals surface area contributed by atoms with Crippen LogP contribution in [0, 0.1) is 0 Å². The Labute approximate surface area is 101 Å². The average Bonchev–Trinajstić information content (AvgIpc) is 2.51. The van der Waals surface area contributed by atoms with Gasteiger partial charge in [-0.3, -0.25) is 0 Å². The molecule has 98 valence electrons. The van der Waals surface area contributed by atoms with Gasteiger partial charge in [0.05, 0.1) is 12.7 Å². The first-order valence-corrected chi connectivity index (χ1v) is 5.74. The van der Waals surface area contributed by atoms with Crippen LogP contribution in [-0.2, 0) is 19.0 Å². The quantitative estimate of drug-likeness (QED) is 0.590. The van der Waals surface area contributed by atoms with E-state index in [9.17, 15) is 9.90 Å². The molecule has 3 atom stereocenters. The molecule has 0 bridgehead atoms. The number of aliphatic hydroxyl groups excluding tert-OH is 1. The van der Waals surface area contributed by atoms with Crippen LogP contribution in [0.25, 0.3) is 0 Å². The molecule has 1 aliphatic rings. The van der Waals surface area contributed by atoms with Gasteiger partial charge >= 0.3 is 5.97 Å². The van der Waals surface area contributed by atoms with Crippen LogP contribution in [-0.4, -0.2) is 41.8 Å². The van der Waals surface area contributed by atoms with E-state index in [4.69, 9.17) is 14.2 Å². The average molecular weight is 244 g/mol. The van der Waals surface area contributed by atoms with Crippen LogP contribution in [0.4, 0.5) is 0 Å². The van der Waals surface area contributed by atoms with Crippen molar-refractivity contribution in [2.24, 2.45) is 0 Å². The molecule has 0 spiro atoms. The zero-order valence-corrected chi connectivity index (χ0v) is 10.7. The summed E-state index contributed by atoms with van der Waals surface area (Å²) in [4.78, 5) is 11.2. The molecule has 1 saturated heterocycles. The third-order valence-corrected chi connectivity index (χ3v) is 2.35. The van der Waals surface area contributed by atoms with Crippen LogP contribution >= 0.6 is 0 Å². The number of carbonyl (C=O) groups excluding carboxylic acids is 1. The second-order valence-corrected chi connectivity index (χ2v) is 4.42. The molecule has 0 aromatic heterocycles. The Morgan fingerprint density at radius 1 is 1.53 bits per heavy atom. The van der Waals surface area contributed by atoms with Crippen molar-refractivity contribution < 1.29 is 24.1 Å². The highest BCUT2D eigenvalue weighted by Crippen LogP contribution is 2.30. The highest BCUT2D eigenvalue weighted by molar-refractivity contribution is 5.81. The molecule has 1 N–H and O–H groups in total. The molecule has 5 nitrogen and oxygen atoms in total. The molecule has 1 rings (SSSR count). The summed E-state index contributed by atoms with van der Waals surface area (Å²) in [7, 11) is 0. The lowest BCUT2D eigenvalue weighted by Gasteiger charge is -2.18. The monoisotopic (exact) mass is 244 g/mol. The summed E-state index contributed by atoms with van der Waals surface area (Å²) in [5.41, 5.74) is 0. The van der Waals surface area contributed by atoms with Crippen molar-refractivity contribution in [3.05, 3.63) is 12.2 Å². The Morgan fingerprint density at radius 2 is 2.18 bits per heavy atom. The van der Waals surface area contributed by atoms with Crippen molar-refractivity contribution in [1.82, 2.24) is 0 Å². The second kappa shape index (κ2) is 5.62. The van der Waals surface area contributed by atoms with E-state index in [-0.39, 0.29) is 0 Å². The summed E-state index contributed by atoms with van der Waals surface area (Å²) < 4.78 is 15.9. The molecule has 1 heterocycles. The molecule has 0 amide bonds. The van der Waals surface area contributed by atoms with Gasteiger partial charge in [-0.05, 0) is 33.8 Å². The first-order chi connectivity index (χ1) is 7.85. The lowest BCUT2D eigenvalue weighted by Crippen LogP contribution is -2.32. The van der Waals surface area contributed by atoms with E-state index in [1.54, 1.807) is 33.8 Å². The fraction of sp³-hybridized carbons (Fsp3) is 0.750. The molecular weight excluding hydrogens is 224 g/mol. The summed E-state index contributed by atoms with van der Waals surface area (Å²) >= 11 is 0. The van der Waals surface area contributed by atoms with Gasteiger partial charge in [-0.25, -0.2) is 4.79 Å². The minimum atomic E-state index is -0.759.